The maximum Gasteiger partial charge on any atom is 0.338 e. The van der Waals surface area contributed by atoms with Crippen molar-refractivity contribution in [2.75, 3.05) is 17.9 Å². The number of benzene rings is 2. The predicted molar refractivity (Wildman–Crippen MR) is 132 cm³/mol. The third-order valence-corrected chi connectivity index (χ3v) is 8.24. The maximum absolute atomic E-state index is 13.3. The van der Waals surface area contributed by atoms with E-state index in [2.05, 4.69) is 4.72 Å². The molecule has 1 aliphatic carbocycles. The summed E-state index contributed by atoms with van der Waals surface area (Å²) in [5.74, 6) is -4.09. The number of halogens is 2. The van der Waals surface area contributed by atoms with Crippen LogP contribution in [0.1, 0.15) is 35.7 Å². The van der Waals surface area contributed by atoms with Crippen molar-refractivity contribution < 1.29 is 41.7 Å². The molecule has 2 aliphatic rings. The van der Waals surface area contributed by atoms with Crippen molar-refractivity contribution in [1.82, 2.24) is 0 Å². The normalized spacial score (nSPS) is 23.5. The van der Waals surface area contributed by atoms with E-state index in [9.17, 15) is 27.5 Å². The number of carbonyl (C=O) groups excluding carboxylic acids is 1. The molecular formula is C25H25ClFNO8S. The summed E-state index contributed by atoms with van der Waals surface area (Å²) in [5.41, 5.74) is 0.780. The number of carboxylic acids is 1. The highest BCUT2D eigenvalue weighted by atomic mass is 35.5. The number of rotatable bonds is 8. The van der Waals surface area contributed by atoms with E-state index in [1.54, 1.807) is 12.1 Å². The Kier molecular flexibility index (Phi) is 7.88. The number of nitrogens with one attached hydrogen (secondary N) is 1. The van der Waals surface area contributed by atoms with E-state index in [4.69, 9.17) is 25.8 Å². The van der Waals surface area contributed by atoms with Crippen LogP contribution in [-0.2, 0) is 35.4 Å². The van der Waals surface area contributed by atoms with Gasteiger partial charge in [-0.3, -0.25) is 4.72 Å². The quantitative estimate of drug-likeness (QED) is 0.471. The summed E-state index contributed by atoms with van der Waals surface area (Å²) in [4.78, 5) is 24.5. The lowest BCUT2D eigenvalue weighted by Gasteiger charge is -2.33. The molecule has 2 unspecified atom stereocenters. The number of hydrogen-bond acceptors (Lipinski definition) is 7. The van der Waals surface area contributed by atoms with E-state index < -0.39 is 50.5 Å². The summed E-state index contributed by atoms with van der Waals surface area (Å²) in [6, 6.07) is 10.2. The molecule has 0 aromatic heterocycles. The minimum atomic E-state index is -4.27. The van der Waals surface area contributed by atoms with E-state index in [1.165, 1.54) is 0 Å². The number of sulfonamides is 1. The van der Waals surface area contributed by atoms with Crippen LogP contribution < -0.4 is 4.72 Å². The van der Waals surface area contributed by atoms with Crippen LogP contribution in [0.4, 0.5) is 10.1 Å². The number of aliphatic carboxylic acids is 1. The van der Waals surface area contributed by atoms with Gasteiger partial charge < -0.3 is 19.3 Å². The Morgan fingerprint density at radius 3 is 2.73 bits per heavy atom. The number of ether oxygens (including phenoxy) is 3. The van der Waals surface area contributed by atoms with Gasteiger partial charge >= 0.3 is 11.9 Å². The van der Waals surface area contributed by atoms with Crippen LogP contribution in [0.3, 0.4) is 0 Å². The second kappa shape index (κ2) is 10.8. The lowest BCUT2D eigenvalue weighted by Crippen LogP contribution is -2.42. The molecule has 198 valence electrons. The predicted octanol–water partition coefficient (Wildman–Crippen LogP) is 3.93. The van der Waals surface area contributed by atoms with Gasteiger partial charge in [0.05, 0.1) is 28.5 Å². The number of esters is 1. The Bertz CT molecular complexity index is 1350. The number of anilines is 1. The third kappa shape index (κ3) is 5.96. The van der Waals surface area contributed by atoms with Crippen LogP contribution >= 0.6 is 11.6 Å². The van der Waals surface area contributed by atoms with E-state index in [0.717, 1.165) is 29.8 Å². The fourth-order valence-electron chi connectivity index (χ4n) is 4.36. The van der Waals surface area contributed by atoms with Gasteiger partial charge in [0.2, 0.25) is 10.0 Å². The van der Waals surface area contributed by atoms with Crippen LogP contribution in [-0.4, -0.2) is 55.8 Å². The zero-order valence-corrected chi connectivity index (χ0v) is 21.4. The number of carboxylic acid groups (broad SMARTS) is 1. The van der Waals surface area contributed by atoms with E-state index in [1.807, 2.05) is 19.1 Å². The number of aryl methyl sites for hydroxylation is 1. The van der Waals surface area contributed by atoms with Crippen LogP contribution in [0.15, 0.2) is 54.1 Å². The van der Waals surface area contributed by atoms with Crippen molar-refractivity contribution in [3.05, 3.63) is 76.1 Å². The zero-order chi connectivity index (χ0) is 26.8. The molecule has 0 bridgehead atoms. The first-order valence-corrected chi connectivity index (χ1v) is 13.5. The molecule has 1 spiro atoms. The summed E-state index contributed by atoms with van der Waals surface area (Å²) < 4.78 is 58.7. The van der Waals surface area contributed by atoms with E-state index >= 15 is 0 Å². The van der Waals surface area contributed by atoms with Crippen LogP contribution in [0.25, 0.3) is 0 Å². The molecule has 12 heteroatoms. The van der Waals surface area contributed by atoms with Gasteiger partial charge in [-0.2, -0.15) is 0 Å². The molecule has 2 N–H and O–H groups in total. The minimum Gasteiger partial charge on any atom is -0.478 e. The monoisotopic (exact) mass is 553 g/mol. The fraction of sp³-hybridized carbons (Fsp3) is 0.360. The molecule has 4 rings (SSSR count). The van der Waals surface area contributed by atoms with Crippen LogP contribution in [0.2, 0.25) is 5.02 Å². The maximum atomic E-state index is 13.3. The Morgan fingerprint density at radius 2 is 2.03 bits per heavy atom. The van der Waals surface area contributed by atoms with Crippen LogP contribution in [0, 0.1) is 5.82 Å². The van der Waals surface area contributed by atoms with E-state index in [-0.39, 0.29) is 36.8 Å². The average molecular weight is 554 g/mol. The van der Waals surface area contributed by atoms with Gasteiger partial charge in [-0.1, -0.05) is 36.7 Å². The molecule has 1 heterocycles. The van der Waals surface area contributed by atoms with Crippen LogP contribution in [0.5, 0.6) is 0 Å². The summed E-state index contributed by atoms with van der Waals surface area (Å²) in [7, 11) is -4.27. The fourth-order valence-corrected chi connectivity index (χ4v) is 6.18. The highest BCUT2D eigenvalue weighted by Gasteiger charge is 2.48. The lowest BCUT2D eigenvalue weighted by molar-refractivity contribution is -0.146. The van der Waals surface area contributed by atoms with Crippen molar-refractivity contribution in [3.8, 4) is 0 Å². The van der Waals surface area contributed by atoms with Gasteiger partial charge in [0, 0.05) is 6.42 Å². The first-order valence-electron chi connectivity index (χ1n) is 11.5. The minimum absolute atomic E-state index is 0.0208. The van der Waals surface area contributed by atoms with Gasteiger partial charge in [0.15, 0.2) is 5.79 Å². The molecule has 0 saturated carbocycles. The molecule has 1 aliphatic heterocycles. The zero-order valence-electron chi connectivity index (χ0n) is 19.8. The third-order valence-electron chi connectivity index (χ3n) is 6.18. The topological polar surface area (TPSA) is 128 Å². The smallest absolute Gasteiger partial charge is 0.338 e. The summed E-state index contributed by atoms with van der Waals surface area (Å²) in [5, 5.41) is 8.17. The van der Waals surface area contributed by atoms with Crippen molar-refractivity contribution in [3.63, 3.8) is 0 Å². The Labute approximate surface area is 218 Å². The first kappa shape index (κ1) is 27.1. The SMILES string of the molecule is CCc1ccccc1C(=O)OC[C@H]1COC2(C=C(C(=O)O)C(S(=O)(=O)Nc3ccc(F)cc3Cl)CC2)O1. The molecule has 3 atom stereocenters. The molecule has 1 fully saturated rings. The highest BCUT2D eigenvalue weighted by Crippen LogP contribution is 2.39. The summed E-state index contributed by atoms with van der Waals surface area (Å²) >= 11 is 5.92. The number of carbonyl (C=O) groups is 2. The van der Waals surface area contributed by atoms with Crippen molar-refractivity contribution in [2.45, 2.75) is 43.3 Å². The molecule has 9 nitrogen and oxygen atoms in total. The molecule has 1 saturated heterocycles. The lowest BCUT2D eigenvalue weighted by atomic mass is 9.94. The summed E-state index contributed by atoms with van der Waals surface area (Å²) in [6.45, 7) is 1.82. The Balaban J connectivity index is 1.46. The van der Waals surface area contributed by atoms with Crippen molar-refractivity contribution in [2.24, 2.45) is 0 Å². The average Bonchev–Trinajstić information content (AvgIpc) is 3.25. The van der Waals surface area contributed by atoms with Crippen molar-refractivity contribution >= 4 is 39.3 Å². The molecule has 2 aromatic rings. The van der Waals surface area contributed by atoms with Crippen molar-refractivity contribution in [1.29, 1.82) is 0 Å². The Morgan fingerprint density at radius 1 is 1.27 bits per heavy atom. The molecular weight excluding hydrogens is 529 g/mol. The largest absolute Gasteiger partial charge is 0.478 e. The molecule has 0 amide bonds. The second-order valence-electron chi connectivity index (χ2n) is 8.68. The first-order chi connectivity index (χ1) is 17.5. The standard InChI is InChI=1S/C25H25ClFNO8S/c1-2-15-5-3-4-6-18(15)24(31)34-13-17-14-35-25(36-17)10-9-22(19(12-25)23(29)30)37(32,33)28-21-8-7-16(27)11-20(21)26/h3-8,11-12,17,22,28H,2,9-10,13-14H2,1H3,(H,29,30)/t17-,22?,25?/m0/s1. The highest BCUT2D eigenvalue weighted by molar-refractivity contribution is 7.93. The van der Waals surface area contributed by atoms with Gasteiger partial charge in [-0.05, 0) is 48.7 Å². The van der Waals surface area contributed by atoms with E-state index in [0.29, 0.717) is 12.0 Å². The second-order valence-corrected chi connectivity index (χ2v) is 10.9. The Hall–Kier alpha value is -2.99. The van der Waals surface area contributed by atoms with Gasteiger partial charge in [0.1, 0.15) is 23.8 Å². The van der Waals surface area contributed by atoms with Gasteiger partial charge in [-0.25, -0.2) is 22.4 Å². The molecule has 37 heavy (non-hydrogen) atoms. The van der Waals surface area contributed by atoms with Gasteiger partial charge in [-0.15, -0.1) is 0 Å². The molecule has 0 radical (unpaired) electrons. The molecule has 2 aromatic carbocycles. The summed E-state index contributed by atoms with van der Waals surface area (Å²) in [6.07, 6.45) is 1.03. The number of hydrogen-bond donors (Lipinski definition) is 2. The van der Waals surface area contributed by atoms with Gasteiger partial charge in [0.25, 0.3) is 0 Å².